The fourth-order valence-electron chi connectivity index (χ4n) is 5.24. The number of nitrogens with zero attached hydrogens (tertiary/aromatic N) is 3. The Morgan fingerprint density at radius 3 is 2.48 bits per heavy atom. The number of piperazine rings is 1. The molecule has 0 N–H and O–H groups in total. The summed E-state index contributed by atoms with van der Waals surface area (Å²) in [6.07, 6.45) is 4.96. The minimum atomic E-state index is 0.00534. The molecule has 5 rings (SSSR count). The lowest BCUT2D eigenvalue weighted by atomic mass is 9.88. The molecule has 2 fully saturated rings. The van der Waals surface area contributed by atoms with E-state index in [0.29, 0.717) is 6.54 Å². The van der Waals surface area contributed by atoms with E-state index < -0.39 is 0 Å². The largest absolute Gasteiger partial charge is 0.339 e. The Morgan fingerprint density at radius 1 is 1.00 bits per heavy atom. The van der Waals surface area contributed by atoms with Gasteiger partial charge in [-0.15, -0.1) is 0 Å². The van der Waals surface area contributed by atoms with Gasteiger partial charge in [0.1, 0.15) is 0 Å². The molecular formula is C25H29BrClN3O. The molecule has 0 bridgehead atoms. The van der Waals surface area contributed by atoms with Crippen molar-refractivity contribution in [3.8, 4) is 0 Å². The lowest BCUT2D eigenvalue weighted by Crippen LogP contribution is -2.55. The van der Waals surface area contributed by atoms with Gasteiger partial charge in [-0.25, -0.2) is 0 Å². The molecule has 1 saturated carbocycles. The Morgan fingerprint density at radius 2 is 1.77 bits per heavy atom. The number of halogens is 2. The maximum Gasteiger partial charge on any atom is 0.236 e. The van der Waals surface area contributed by atoms with Crippen LogP contribution in [0.3, 0.4) is 0 Å². The average Bonchev–Trinajstić information content (AvgIpc) is 2.73. The second-order valence-electron chi connectivity index (χ2n) is 8.99. The summed E-state index contributed by atoms with van der Waals surface area (Å²) < 4.78 is 1.10. The molecule has 6 heteroatoms. The standard InChI is InChI=1S/C25H29BrClN3O/c26-19-8-9-21-18(16-19)10-11-30(25(21)22-6-1-2-7-23(22)27)17-24(31)29-14-12-28(13-15-29)20-4-3-5-20/h1-2,6-9,16,20,25H,3-5,10-15,17H2. The van der Waals surface area contributed by atoms with Crippen LogP contribution in [0.2, 0.25) is 5.02 Å². The number of carbonyl (C=O) groups excluding carboxylic acids is 1. The monoisotopic (exact) mass is 501 g/mol. The smallest absolute Gasteiger partial charge is 0.236 e. The van der Waals surface area contributed by atoms with Crippen molar-refractivity contribution in [2.75, 3.05) is 39.3 Å². The highest BCUT2D eigenvalue weighted by Crippen LogP contribution is 2.39. The molecule has 2 heterocycles. The molecular weight excluding hydrogens is 474 g/mol. The zero-order valence-electron chi connectivity index (χ0n) is 17.8. The lowest BCUT2D eigenvalue weighted by molar-refractivity contribution is -0.135. The van der Waals surface area contributed by atoms with Gasteiger partial charge in [0.25, 0.3) is 0 Å². The van der Waals surface area contributed by atoms with E-state index in [1.54, 1.807) is 0 Å². The fraction of sp³-hybridized carbons (Fsp3) is 0.480. The van der Waals surface area contributed by atoms with Crippen LogP contribution in [0.15, 0.2) is 46.9 Å². The average molecular weight is 503 g/mol. The van der Waals surface area contributed by atoms with Crippen molar-refractivity contribution in [3.63, 3.8) is 0 Å². The first kappa shape index (κ1) is 21.4. The Labute approximate surface area is 198 Å². The highest BCUT2D eigenvalue weighted by Gasteiger charge is 2.34. The van der Waals surface area contributed by atoms with Gasteiger partial charge in [-0.05, 0) is 54.2 Å². The van der Waals surface area contributed by atoms with Crippen LogP contribution in [0.1, 0.15) is 42.0 Å². The van der Waals surface area contributed by atoms with Gasteiger partial charge >= 0.3 is 0 Å². The first-order valence-electron chi connectivity index (χ1n) is 11.4. The first-order valence-corrected chi connectivity index (χ1v) is 12.6. The van der Waals surface area contributed by atoms with Crippen LogP contribution in [0.25, 0.3) is 0 Å². The summed E-state index contributed by atoms with van der Waals surface area (Å²) in [5.74, 6) is 0.242. The molecule has 1 atom stereocenters. The van der Waals surface area contributed by atoms with Gasteiger partial charge in [0.15, 0.2) is 0 Å². The molecule has 1 amide bonds. The van der Waals surface area contributed by atoms with Gasteiger partial charge in [0.2, 0.25) is 5.91 Å². The third-order valence-electron chi connectivity index (χ3n) is 7.23. The molecule has 0 radical (unpaired) electrons. The highest BCUT2D eigenvalue weighted by atomic mass is 79.9. The summed E-state index contributed by atoms with van der Waals surface area (Å²) in [6, 6.07) is 15.3. The van der Waals surface area contributed by atoms with Gasteiger partial charge in [-0.2, -0.15) is 0 Å². The van der Waals surface area contributed by atoms with E-state index in [1.165, 1.54) is 30.4 Å². The topological polar surface area (TPSA) is 26.8 Å². The van der Waals surface area contributed by atoms with E-state index in [1.807, 2.05) is 18.2 Å². The maximum absolute atomic E-state index is 13.3. The number of amides is 1. The summed E-state index contributed by atoms with van der Waals surface area (Å²) in [6.45, 7) is 5.03. The molecule has 4 nitrogen and oxygen atoms in total. The van der Waals surface area contributed by atoms with Gasteiger partial charge < -0.3 is 4.90 Å². The van der Waals surface area contributed by atoms with E-state index >= 15 is 0 Å². The maximum atomic E-state index is 13.3. The van der Waals surface area contributed by atoms with Crippen molar-refractivity contribution in [2.24, 2.45) is 0 Å². The molecule has 1 saturated heterocycles. The fourth-order valence-corrected chi connectivity index (χ4v) is 5.89. The summed E-state index contributed by atoms with van der Waals surface area (Å²) in [5.41, 5.74) is 3.66. The number of hydrogen-bond donors (Lipinski definition) is 0. The molecule has 1 aliphatic carbocycles. The quantitative estimate of drug-likeness (QED) is 0.604. The third kappa shape index (κ3) is 4.43. The molecule has 3 aliphatic rings. The third-order valence-corrected chi connectivity index (χ3v) is 8.07. The zero-order chi connectivity index (χ0) is 21.4. The van der Waals surface area contributed by atoms with Crippen molar-refractivity contribution >= 4 is 33.4 Å². The Kier molecular flexibility index (Phi) is 6.38. The van der Waals surface area contributed by atoms with Crippen molar-refractivity contribution < 1.29 is 4.79 Å². The van der Waals surface area contributed by atoms with Gasteiger partial charge in [-0.1, -0.05) is 58.2 Å². The number of rotatable bonds is 4. The van der Waals surface area contributed by atoms with E-state index in [-0.39, 0.29) is 11.9 Å². The van der Waals surface area contributed by atoms with E-state index in [0.717, 1.165) is 60.2 Å². The second-order valence-corrected chi connectivity index (χ2v) is 10.3. The van der Waals surface area contributed by atoms with E-state index in [9.17, 15) is 4.79 Å². The predicted molar refractivity (Wildman–Crippen MR) is 129 cm³/mol. The number of hydrogen-bond acceptors (Lipinski definition) is 3. The van der Waals surface area contributed by atoms with Crippen molar-refractivity contribution in [1.82, 2.24) is 14.7 Å². The molecule has 2 aromatic carbocycles. The van der Waals surface area contributed by atoms with Gasteiger partial charge in [0.05, 0.1) is 12.6 Å². The predicted octanol–water partition coefficient (Wildman–Crippen LogP) is 4.75. The van der Waals surface area contributed by atoms with Crippen molar-refractivity contribution in [3.05, 3.63) is 68.7 Å². The van der Waals surface area contributed by atoms with Crippen LogP contribution in [0, 0.1) is 0 Å². The molecule has 2 aromatic rings. The second kappa shape index (κ2) is 9.22. The summed E-state index contributed by atoms with van der Waals surface area (Å²) >= 11 is 10.2. The molecule has 2 aliphatic heterocycles. The molecule has 1 unspecified atom stereocenters. The normalized spacial score (nSPS) is 22.8. The van der Waals surface area contributed by atoms with Crippen LogP contribution in [-0.2, 0) is 11.2 Å². The van der Waals surface area contributed by atoms with Crippen LogP contribution in [-0.4, -0.2) is 65.9 Å². The summed E-state index contributed by atoms with van der Waals surface area (Å²) in [5, 5.41) is 0.759. The highest BCUT2D eigenvalue weighted by molar-refractivity contribution is 9.10. The van der Waals surface area contributed by atoms with Gasteiger partial charge in [-0.3, -0.25) is 14.6 Å². The minimum absolute atomic E-state index is 0.00534. The Balaban J connectivity index is 1.34. The SMILES string of the molecule is O=C(CN1CCc2cc(Br)ccc2C1c1ccccc1Cl)N1CCN(C2CCC2)CC1. The summed E-state index contributed by atoms with van der Waals surface area (Å²) in [4.78, 5) is 20.2. The van der Waals surface area contributed by atoms with Crippen LogP contribution >= 0.6 is 27.5 Å². The molecule has 0 spiro atoms. The van der Waals surface area contributed by atoms with Crippen molar-refractivity contribution in [1.29, 1.82) is 0 Å². The zero-order valence-corrected chi connectivity index (χ0v) is 20.1. The van der Waals surface area contributed by atoms with E-state index in [4.69, 9.17) is 11.6 Å². The first-order chi connectivity index (χ1) is 15.1. The molecule has 31 heavy (non-hydrogen) atoms. The molecule has 0 aromatic heterocycles. The van der Waals surface area contributed by atoms with Crippen LogP contribution < -0.4 is 0 Å². The lowest BCUT2D eigenvalue weighted by Gasteiger charge is -2.44. The van der Waals surface area contributed by atoms with E-state index in [2.05, 4.69) is 54.9 Å². The van der Waals surface area contributed by atoms with Crippen molar-refractivity contribution in [2.45, 2.75) is 37.8 Å². The number of fused-ring (bicyclic) bond motifs is 1. The minimum Gasteiger partial charge on any atom is -0.339 e. The van der Waals surface area contributed by atoms with Crippen LogP contribution in [0.4, 0.5) is 0 Å². The summed E-state index contributed by atoms with van der Waals surface area (Å²) in [7, 11) is 0. The Hall–Kier alpha value is -1.40. The van der Waals surface area contributed by atoms with Crippen LogP contribution in [0.5, 0.6) is 0 Å². The Bertz CT molecular complexity index is 956. The van der Waals surface area contributed by atoms with Gasteiger partial charge in [0, 0.05) is 48.3 Å². The number of benzene rings is 2. The molecule has 164 valence electrons. The number of carbonyl (C=O) groups is 1.